The number of rotatable bonds is 7. The number of H-pyrrole nitrogens is 1. The van der Waals surface area contributed by atoms with Gasteiger partial charge in [-0.05, 0) is 22.3 Å². The highest BCUT2D eigenvalue weighted by Crippen LogP contribution is 2.40. The van der Waals surface area contributed by atoms with Crippen molar-refractivity contribution >= 4 is 41.3 Å². The molecular weight excluding hydrogens is 590 g/mol. The van der Waals surface area contributed by atoms with Gasteiger partial charge >= 0.3 is 5.69 Å². The van der Waals surface area contributed by atoms with Crippen molar-refractivity contribution in [2.24, 2.45) is 5.92 Å². The lowest BCUT2D eigenvalue weighted by Crippen LogP contribution is -2.67. The van der Waals surface area contributed by atoms with Gasteiger partial charge in [0.15, 0.2) is 12.4 Å². The summed E-state index contributed by atoms with van der Waals surface area (Å²) in [5.41, 5.74) is -0.843. The van der Waals surface area contributed by atoms with Crippen molar-refractivity contribution in [3.05, 3.63) is 93.3 Å². The standard InChI is InChI=1S/C27H32FIN2O4Si/c1-18-16-31(26(33)30-24(18)32)25-23(28)21(15-29)22(35-25)17-34-36(27(2,3)4,19-11-7-5-8-12-19)20-13-9-6-10-14-20/h5-14,16,21-23,25H,15,17H2,1-4H3,(H,30,32,33)/t21-,22-,23-,25-/m1/s1. The average molecular weight is 623 g/mol. The zero-order valence-corrected chi connectivity index (χ0v) is 24.1. The Labute approximate surface area is 225 Å². The monoisotopic (exact) mass is 622 g/mol. The molecular formula is C27H32FIN2O4Si. The van der Waals surface area contributed by atoms with Gasteiger partial charge in [-0.25, -0.2) is 9.18 Å². The van der Waals surface area contributed by atoms with Gasteiger partial charge < -0.3 is 9.16 Å². The van der Waals surface area contributed by atoms with E-state index in [0.717, 1.165) is 14.9 Å². The molecule has 0 bridgehead atoms. The number of aromatic amines is 1. The summed E-state index contributed by atoms with van der Waals surface area (Å²) >= 11 is 2.16. The van der Waals surface area contributed by atoms with Gasteiger partial charge in [0.05, 0.1) is 12.7 Å². The van der Waals surface area contributed by atoms with Crippen molar-refractivity contribution in [1.82, 2.24) is 9.55 Å². The lowest BCUT2D eigenvalue weighted by Gasteiger charge is -2.43. The van der Waals surface area contributed by atoms with Gasteiger partial charge in [0.1, 0.15) is 0 Å². The molecule has 2 heterocycles. The highest BCUT2D eigenvalue weighted by atomic mass is 127. The van der Waals surface area contributed by atoms with Crippen LogP contribution in [0.5, 0.6) is 0 Å². The van der Waals surface area contributed by atoms with E-state index in [1.807, 2.05) is 36.4 Å². The predicted molar refractivity (Wildman–Crippen MR) is 151 cm³/mol. The highest BCUT2D eigenvalue weighted by Gasteiger charge is 2.52. The summed E-state index contributed by atoms with van der Waals surface area (Å²) in [5, 5.41) is 2.04. The molecule has 0 saturated carbocycles. The van der Waals surface area contributed by atoms with E-state index in [-0.39, 0.29) is 11.6 Å². The summed E-state index contributed by atoms with van der Waals surface area (Å²) in [4.78, 5) is 26.6. The molecule has 1 fully saturated rings. The van der Waals surface area contributed by atoms with E-state index in [2.05, 4.69) is 72.6 Å². The van der Waals surface area contributed by atoms with Gasteiger partial charge in [-0.3, -0.25) is 14.3 Å². The molecule has 1 aliphatic rings. The van der Waals surface area contributed by atoms with Crippen LogP contribution in [0.4, 0.5) is 4.39 Å². The third-order valence-corrected chi connectivity index (χ3v) is 13.0. The number of hydrogen-bond donors (Lipinski definition) is 1. The van der Waals surface area contributed by atoms with Crippen LogP contribution in [0, 0.1) is 12.8 Å². The van der Waals surface area contributed by atoms with E-state index >= 15 is 4.39 Å². The first kappa shape index (κ1) is 27.0. The first-order valence-electron chi connectivity index (χ1n) is 12.0. The smallest absolute Gasteiger partial charge is 0.330 e. The Kier molecular flexibility index (Phi) is 8.03. The number of alkyl halides is 2. The third-order valence-electron chi connectivity index (χ3n) is 6.95. The van der Waals surface area contributed by atoms with E-state index in [0.29, 0.717) is 9.99 Å². The minimum Gasteiger partial charge on any atom is -0.405 e. The summed E-state index contributed by atoms with van der Waals surface area (Å²) in [5.74, 6) is -0.465. The molecule has 6 nitrogen and oxygen atoms in total. The van der Waals surface area contributed by atoms with Crippen LogP contribution in [0.15, 0.2) is 76.4 Å². The zero-order chi connectivity index (χ0) is 26.1. The second-order valence-electron chi connectivity index (χ2n) is 10.3. The second-order valence-corrected chi connectivity index (χ2v) is 15.5. The Morgan fingerprint density at radius 1 is 1.06 bits per heavy atom. The van der Waals surface area contributed by atoms with Gasteiger partial charge in [-0.2, -0.15) is 0 Å². The van der Waals surface area contributed by atoms with Gasteiger partial charge in [0.25, 0.3) is 13.9 Å². The minimum absolute atomic E-state index is 0.189. The normalized spacial score (nSPS) is 22.6. The van der Waals surface area contributed by atoms with E-state index < -0.39 is 44.0 Å². The van der Waals surface area contributed by atoms with Crippen LogP contribution >= 0.6 is 22.6 Å². The molecule has 4 rings (SSSR count). The number of aryl methyl sites for hydroxylation is 1. The topological polar surface area (TPSA) is 73.3 Å². The van der Waals surface area contributed by atoms with E-state index in [1.54, 1.807) is 6.92 Å². The number of aromatic nitrogens is 2. The number of ether oxygens (including phenoxy) is 1. The molecule has 1 saturated heterocycles. The van der Waals surface area contributed by atoms with Gasteiger partial charge in [-0.15, -0.1) is 0 Å². The SMILES string of the molecule is Cc1cn([C@@H]2O[C@H](CO[Si](c3ccccc3)(c3ccccc3)C(C)(C)C)[C@@H](CI)[C@H]2F)c(=O)[nH]c1=O. The maximum atomic E-state index is 15.7. The first-order valence-corrected chi connectivity index (χ1v) is 15.5. The molecule has 0 spiro atoms. The fourth-order valence-corrected chi connectivity index (χ4v) is 10.7. The van der Waals surface area contributed by atoms with E-state index in [1.165, 1.54) is 6.20 Å². The van der Waals surface area contributed by atoms with Crippen molar-refractivity contribution in [2.45, 2.75) is 51.2 Å². The Morgan fingerprint density at radius 3 is 2.11 bits per heavy atom. The zero-order valence-electron chi connectivity index (χ0n) is 20.9. The van der Waals surface area contributed by atoms with Crippen LogP contribution < -0.4 is 21.6 Å². The van der Waals surface area contributed by atoms with Crippen LogP contribution in [0.3, 0.4) is 0 Å². The van der Waals surface area contributed by atoms with Crippen LogP contribution in [-0.4, -0.2) is 41.2 Å². The average Bonchev–Trinajstić information content (AvgIpc) is 3.17. The summed E-state index contributed by atoms with van der Waals surface area (Å²) in [7, 11) is -2.83. The van der Waals surface area contributed by atoms with Crippen molar-refractivity contribution in [3.63, 3.8) is 0 Å². The predicted octanol–water partition coefficient (Wildman–Crippen LogP) is 3.71. The second kappa shape index (κ2) is 10.7. The van der Waals surface area contributed by atoms with Crippen LogP contribution in [-0.2, 0) is 9.16 Å². The maximum absolute atomic E-state index is 15.7. The number of nitrogens with zero attached hydrogens (tertiary/aromatic N) is 1. The fourth-order valence-electron chi connectivity index (χ4n) is 5.08. The number of hydrogen-bond acceptors (Lipinski definition) is 4. The number of halogens is 2. The molecule has 1 aliphatic heterocycles. The molecule has 4 atom stereocenters. The summed E-state index contributed by atoms with van der Waals surface area (Å²) in [6.45, 7) is 8.33. The van der Waals surface area contributed by atoms with Gasteiger partial charge in [0, 0.05) is 22.1 Å². The molecule has 2 aromatic carbocycles. The van der Waals surface area contributed by atoms with Crippen molar-refractivity contribution in [2.75, 3.05) is 11.0 Å². The lowest BCUT2D eigenvalue weighted by molar-refractivity contribution is -0.0392. The Bertz CT molecular complexity index is 1250. The van der Waals surface area contributed by atoms with E-state index in [9.17, 15) is 9.59 Å². The molecule has 0 amide bonds. The summed E-state index contributed by atoms with van der Waals surface area (Å²) < 4.78 is 30.5. The molecule has 36 heavy (non-hydrogen) atoms. The lowest BCUT2D eigenvalue weighted by atomic mass is 10.0. The number of nitrogens with one attached hydrogen (secondary N) is 1. The van der Waals surface area contributed by atoms with Crippen molar-refractivity contribution in [3.8, 4) is 0 Å². The summed E-state index contributed by atoms with van der Waals surface area (Å²) in [6.07, 6.45) is -1.73. The van der Waals surface area contributed by atoms with Gasteiger partial charge in [0.2, 0.25) is 0 Å². The minimum atomic E-state index is -2.83. The van der Waals surface area contributed by atoms with Crippen molar-refractivity contribution < 1.29 is 13.6 Å². The molecule has 0 aliphatic carbocycles. The molecule has 1 N–H and O–H groups in total. The Balaban J connectivity index is 1.71. The number of benzene rings is 2. The molecule has 0 radical (unpaired) electrons. The molecule has 0 unspecified atom stereocenters. The molecule has 3 aromatic rings. The molecule has 192 valence electrons. The highest BCUT2D eigenvalue weighted by molar-refractivity contribution is 14.1. The van der Waals surface area contributed by atoms with Crippen LogP contribution in [0.1, 0.15) is 32.6 Å². The quantitative estimate of drug-likeness (QED) is 0.248. The fraction of sp³-hybridized carbons (Fsp3) is 0.407. The third kappa shape index (κ3) is 4.90. The molecule has 1 aromatic heterocycles. The van der Waals surface area contributed by atoms with Crippen LogP contribution in [0.25, 0.3) is 0 Å². The maximum Gasteiger partial charge on any atom is 0.330 e. The van der Waals surface area contributed by atoms with Gasteiger partial charge in [-0.1, -0.05) is 104 Å². The largest absolute Gasteiger partial charge is 0.405 e. The van der Waals surface area contributed by atoms with E-state index in [4.69, 9.17) is 9.16 Å². The summed E-state index contributed by atoms with van der Waals surface area (Å²) in [6, 6.07) is 20.5. The van der Waals surface area contributed by atoms with Crippen molar-refractivity contribution in [1.29, 1.82) is 0 Å². The Morgan fingerprint density at radius 2 is 1.61 bits per heavy atom. The molecule has 9 heteroatoms. The first-order chi connectivity index (χ1) is 17.1. The Hall–Kier alpha value is -2.08. The van der Waals surface area contributed by atoms with Crippen LogP contribution in [0.2, 0.25) is 5.04 Å².